The summed E-state index contributed by atoms with van der Waals surface area (Å²) in [4.78, 5) is 13.4. The third-order valence-electron chi connectivity index (χ3n) is 3.63. The lowest BCUT2D eigenvalue weighted by atomic mass is 10.2. The highest BCUT2D eigenvalue weighted by Gasteiger charge is 2.24. The molecule has 8 nitrogen and oxygen atoms in total. The smallest absolute Gasteiger partial charge is 0.246 e. The van der Waals surface area contributed by atoms with E-state index in [2.05, 4.69) is 9.88 Å². The molecule has 0 bridgehead atoms. The van der Waals surface area contributed by atoms with Gasteiger partial charge in [-0.15, -0.1) is 0 Å². The number of aromatic nitrogens is 1. The molecule has 0 unspecified atom stereocenters. The van der Waals surface area contributed by atoms with E-state index < -0.39 is 10.0 Å². The van der Waals surface area contributed by atoms with Crippen molar-refractivity contribution in [2.75, 3.05) is 25.1 Å². The fraction of sp³-hybridized carbons (Fsp3) is 0.375. The van der Waals surface area contributed by atoms with E-state index in [1.165, 1.54) is 18.7 Å². The van der Waals surface area contributed by atoms with Crippen molar-refractivity contribution < 1.29 is 22.5 Å². The van der Waals surface area contributed by atoms with Crippen molar-refractivity contribution in [3.05, 3.63) is 35.7 Å². The van der Waals surface area contributed by atoms with Crippen LogP contribution in [-0.4, -0.2) is 39.7 Å². The van der Waals surface area contributed by atoms with Crippen molar-refractivity contribution in [2.24, 2.45) is 0 Å². The molecule has 1 aromatic carbocycles. The van der Waals surface area contributed by atoms with Crippen molar-refractivity contribution in [3.63, 3.8) is 0 Å². The van der Waals surface area contributed by atoms with Crippen LogP contribution in [0, 0.1) is 13.8 Å². The van der Waals surface area contributed by atoms with Crippen LogP contribution in [0.15, 0.2) is 33.7 Å². The highest BCUT2D eigenvalue weighted by atomic mass is 32.2. The van der Waals surface area contributed by atoms with E-state index in [0.29, 0.717) is 17.1 Å². The van der Waals surface area contributed by atoms with Crippen molar-refractivity contribution >= 4 is 21.6 Å². The molecule has 0 saturated heterocycles. The average molecular weight is 367 g/mol. The molecule has 0 aliphatic heterocycles. The standard InChI is InChI=1S/C16H21N3O5S/c1-11-16(12(2)24-18-11)25(21,22)17-9-10-19(13(3)20)14-5-7-15(23-4)8-6-14/h5-8,17H,9-10H2,1-4H3. The van der Waals surface area contributed by atoms with Gasteiger partial charge in [0, 0.05) is 25.7 Å². The van der Waals surface area contributed by atoms with Gasteiger partial charge >= 0.3 is 0 Å². The van der Waals surface area contributed by atoms with E-state index in [1.54, 1.807) is 38.3 Å². The molecular formula is C16H21N3O5S. The van der Waals surface area contributed by atoms with Crippen LogP contribution in [0.5, 0.6) is 5.75 Å². The van der Waals surface area contributed by atoms with Gasteiger partial charge in [0.15, 0.2) is 5.76 Å². The van der Waals surface area contributed by atoms with Gasteiger partial charge in [0.1, 0.15) is 16.3 Å². The van der Waals surface area contributed by atoms with Crippen LogP contribution < -0.4 is 14.4 Å². The van der Waals surface area contributed by atoms with Crippen LogP contribution in [0.25, 0.3) is 0 Å². The Morgan fingerprint density at radius 2 is 1.92 bits per heavy atom. The van der Waals surface area contributed by atoms with E-state index in [0.717, 1.165) is 0 Å². The third-order valence-corrected chi connectivity index (χ3v) is 5.33. The number of rotatable bonds is 7. The van der Waals surface area contributed by atoms with E-state index in [9.17, 15) is 13.2 Å². The van der Waals surface area contributed by atoms with Crippen LogP contribution >= 0.6 is 0 Å². The predicted molar refractivity (Wildman–Crippen MR) is 92.2 cm³/mol. The second-order valence-corrected chi connectivity index (χ2v) is 7.12. The van der Waals surface area contributed by atoms with E-state index in [-0.39, 0.29) is 29.7 Å². The SMILES string of the molecule is COc1ccc(N(CCNS(=O)(=O)c2c(C)noc2C)C(C)=O)cc1. The molecule has 2 rings (SSSR count). The monoisotopic (exact) mass is 367 g/mol. The number of sulfonamides is 1. The van der Waals surface area contributed by atoms with Gasteiger partial charge in [0.05, 0.1) is 7.11 Å². The first kappa shape index (κ1) is 18.9. The fourth-order valence-electron chi connectivity index (χ4n) is 2.45. The quantitative estimate of drug-likeness (QED) is 0.798. The van der Waals surface area contributed by atoms with Gasteiger partial charge in [-0.05, 0) is 38.1 Å². The summed E-state index contributed by atoms with van der Waals surface area (Å²) < 4.78 is 37.2. The molecule has 136 valence electrons. The number of nitrogens with zero attached hydrogens (tertiary/aromatic N) is 2. The first-order valence-corrected chi connectivity index (χ1v) is 9.09. The lowest BCUT2D eigenvalue weighted by Crippen LogP contribution is -2.37. The largest absolute Gasteiger partial charge is 0.497 e. The summed E-state index contributed by atoms with van der Waals surface area (Å²) in [5, 5.41) is 3.65. The van der Waals surface area contributed by atoms with Crippen molar-refractivity contribution in [1.82, 2.24) is 9.88 Å². The van der Waals surface area contributed by atoms with Gasteiger partial charge in [-0.1, -0.05) is 5.16 Å². The molecule has 1 heterocycles. The van der Waals surface area contributed by atoms with Crippen LogP contribution in [-0.2, 0) is 14.8 Å². The van der Waals surface area contributed by atoms with E-state index in [4.69, 9.17) is 9.26 Å². The van der Waals surface area contributed by atoms with E-state index >= 15 is 0 Å². The molecular weight excluding hydrogens is 346 g/mol. The highest BCUT2D eigenvalue weighted by molar-refractivity contribution is 7.89. The molecule has 0 radical (unpaired) electrons. The summed E-state index contributed by atoms with van der Waals surface area (Å²) >= 11 is 0. The number of carbonyl (C=O) groups is 1. The molecule has 0 fully saturated rings. The zero-order valence-electron chi connectivity index (χ0n) is 14.6. The number of benzene rings is 1. The maximum absolute atomic E-state index is 12.4. The Labute approximate surface area is 146 Å². The van der Waals surface area contributed by atoms with E-state index in [1.807, 2.05) is 0 Å². The molecule has 0 aliphatic carbocycles. The number of methoxy groups -OCH3 is 1. The molecule has 1 aromatic heterocycles. The Morgan fingerprint density at radius 1 is 1.28 bits per heavy atom. The second kappa shape index (κ2) is 7.66. The van der Waals surface area contributed by atoms with Crippen LogP contribution in [0.4, 0.5) is 5.69 Å². The number of hydrogen-bond donors (Lipinski definition) is 1. The van der Waals surface area contributed by atoms with Gasteiger partial charge in [-0.2, -0.15) is 0 Å². The molecule has 1 amide bonds. The molecule has 25 heavy (non-hydrogen) atoms. The van der Waals surface area contributed by atoms with Gasteiger partial charge in [-0.3, -0.25) is 4.79 Å². The first-order valence-electron chi connectivity index (χ1n) is 7.61. The molecule has 9 heteroatoms. The number of nitrogens with one attached hydrogen (secondary N) is 1. The maximum Gasteiger partial charge on any atom is 0.246 e. The fourth-order valence-corrected chi connectivity index (χ4v) is 3.80. The summed E-state index contributed by atoms with van der Waals surface area (Å²) in [6.45, 7) is 4.76. The number of amides is 1. The number of aryl methyl sites for hydroxylation is 2. The Balaban J connectivity index is 2.08. The topological polar surface area (TPSA) is 102 Å². The second-order valence-electron chi connectivity index (χ2n) is 5.42. The zero-order valence-corrected chi connectivity index (χ0v) is 15.4. The van der Waals surface area contributed by atoms with Crippen LogP contribution in [0.3, 0.4) is 0 Å². The number of ether oxygens (including phenoxy) is 1. The van der Waals surface area contributed by atoms with Crippen molar-refractivity contribution in [3.8, 4) is 5.75 Å². The zero-order chi connectivity index (χ0) is 18.6. The summed E-state index contributed by atoms with van der Waals surface area (Å²) in [5.74, 6) is 0.705. The van der Waals surface area contributed by atoms with Crippen molar-refractivity contribution in [1.29, 1.82) is 0 Å². The molecule has 0 saturated carbocycles. The summed E-state index contributed by atoms with van der Waals surface area (Å²) in [6.07, 6.45) is 0. The van der Waals surface area contributed by atoms with Crippen LogP contribution in [0.1, 0.15) is 18.4 Å². The number of hydrogen-bond acceptors (Lipinski definition) is 6. The Bertz CT molecular complexity index is 824. The van der Waals surface area contributed by atoms with Crippen LogP contribution in [0.2, 0.25) is 0 Å². The van der Waals surface area contributed by atoms with Crippen molar-refractivity contribution in [2.45, 2.75) is 25.7 Å². The predicted octanol–water partition coefficient (Wildman–Crippen LogP) is 1.63. The third kappa shape index (κ3) is 4.37. The van der Waals surface area contributed by atoms with Gasteiger partial charge in [0.2, 0.25) is 15.9 Å². The summed E-state index contributed by atoms with van der Waals surface area (Å²) in [6, 6.07) is 6.95. The molecule has 0 atom stereocenters. The summed E-state index contributed by atoms with van der Waals surface area (Å²) in [7, 11) is -2.20. The Hall–Kier alpha value is -2.39. The summed E-state index contributed by atoms with van der Waals surface area (Å²) in [5.41, 5.74) is 0.952. The number of anilines is 1. The number of carbonyl (C=O) groups excluding carboxylic acids is 1. The highest BCUT2D eigenvalue weighted by Crippen LogP contribution is 2.20. The normalized spacial score (nSPS) is 11.4. The molecule has 0 spiro atoms. The van der Waals surface area contributed by atoms with Gasteiger partial charge < -0.3 is 14.2 Å². The van der Waals surface area contributed by atoms with Gasteiger partial charge in [-0.25, -0.2) is 13.1 Å². The Morgan fingerprint density at radius 3 is 2.40 bits per heavy atom. The lowest BCUT2D eigenvalue weighted by molar-refractivity contribution is -0.116. The lowest BCUT2D eigenvalue weighted by Gasteiger charge is -2.21. The molecule has 2 aromatic rings. The van der Waals surface area contributed by atoms with Gasteiger partial charge in [0.25, 0.3) is 0 Å². The molecule has 0 aliphatic rings. The minimum atomic E-state index is -3.76. The Kier molecular flexibility index (Phi) is 5.81. The molecule has 1 N–H and O–H groups in total. The maximum atomic E-state index is 12.4. The first-order chi connectivity index (χ1) is 11.8. The average Bonchev–Trinajstić information content (AvgIpc) is 2.91. The minimum absolute atomic E-state index is 0.0336. The minimum Gasteiger partial charge on any atom is -0.497 e.